The van der Waals surface area contributed by atoms with Gasteiger partial charge in [-0.15, -0.1) is 0 Å². The molecule has 2 fully saturated rings. The summed E-state index contributed by atoms with van der Waals surface area (Å²) in [4.78, 5) is 13.1. The van der Waals surface area contributed by atoms with E-state index in [1.807, 2.05) is 0 Å². The Bertz CT molecular complexity index is 7350. The first kappa shape index (κ1) is 79.7. The van der Waals surface area contributed by atoms with Gasteiger partial charge < -0.3 is 37.3 Å². The number of benzene rings is 9. The average molecular weight is 1620 g/mol. The van der Waals surface area contributed by atoms with E-state index >= 15 is 0 Å². The Morgan fingerprint density at radius 2 is 0.570 bits per heavy atom. The molecule has 2 bridgehead atoms. The SMILES string of the molecule is Cc1c(CN2C(C)c3c(c4c5c(C)c(C)c(CN6C(C)c7c(c8c9c(C)c(C)c(C)c(C)c9n(C)c8c8c7c7c(C)c(C)c(C)c(C)c7n8C)C6C)c(C)c5n5c4c4c3c3c(C)c(C)c(C)c(C)c3n4C3(C)OC5(C)C(C)C3C)C2C)c(C)c2[nH]c3c(c4c(c5c6c(C)c(C)c(C)c(C)c6n(C6(C)OCC(C)C(C)C6C)c35)C(C)N(C)C4C)c2c1C. The van der Waals surface area contributed by atoms with Crippen LogP contribution in [0.2, 0.25) is 0 Å². The van der Waals surface area contributed by atoms with Crippen LogP contribution in [0.25, 0.3) is 131 Å². The molecule has 0 saturated carbocycles. The van der Waals surface area contributed by atoms with Gasteiger partial charge in [0.25, 0.3) is 0 Å². The molecular weight excluding hydrogens is 1480 g/mol. The predicted molar refractivity (Wildman–Crippen MR) is 513 cm³/mol. The zero-order valence-electron chi connectivity index (χ0n) is 80.9. The third kappa shape index (κ3) is 8.74. The highest BCUT2D eigenvalue weighted by Gasteiger charge is 2.61. The van der Waals surface area contributed by atoms with Crippen LogP contribution in [-0.2, 0) is 53.8 Å². The Morgan fingerprint density at radius 1 is 0.273 bits per heavy atom. The second-order valence-electron chi connectivity index (χ2n) is 42.0. The highest BCUT2D eigenvalue weighted by Crippen LogP contribution is 2.66. The summed E-state index contributed by atoms with van der Waals surface area (Å²) in [5, 5.41) is 17.1. The summed E-state index contributed by atoms with van der Waals surface area (Å²) < 4.78 is 29.6. The molecule has 14 atom stereocenters. The maximum absolute atomic E-state index is 8.40. The molecule has 11 nitrogen and oxygen atoms in total. The number of fused-ring (bicyclic) bond motifs is 33. The van der Waals surface area contributed by atoms with Gasteiger partial charge in [0.15, 0.2) is 0 Å². The summed E-state index contributed by atoms with van der Waals surface area (Å²) in [5.74, 6) is 1.47. The Balaban J connectivity index is 0.818. The predicted octanol–water partition coefficient (Wildman–Crippen LogP) is 28.3. The van der Waals surface area contributed by atoms with Crippen LogP contribution in [0, 0.1) is 182 Å². The molecule has 11 heteroatoms. The normalized spacial score (nSPS) is 26.5. The number of rotatable bonds is 5. The fraction of sp³-hybridized carbons (Fsp3) is 0.509. The van der Waals surface area contributed by atoms with Crippen molar-refractivity contribution in [1.29, 1.82) is 0 Å². The van der Waals surface area contributed by atoms with E-state index in [1.54, 1.807) is 0 Å². The molecule has 0 radical (unpaired) electrons. The number of aromatic nitrogens is 6. The average Bonchev–Trinajstić information content (AvgIpc) is 1.47. The molecule has 6 aromatic heterocycles. The number of ether oxygens (including phenoxy) is 2. The second-order valence-corrected chi connectivity index (χ2v) is 42.0. The van der Waals surface area contributed by atoms with Crippen molar-refractivity contribution in [2.75, 3.05) is 13.7 Å². The third-order valence-corrected chi connectivity index (χ3v) is 38.3. The molecule has 2 saturated heterocycles. The van der Waals surface area contributed by atoms with Crippen LogP contribution in [-0.4, -0.2) is 56.2 Å². The number of nitrogens with one attached hydrogen (secondary N) is 1. The molecule has 1 N–H and O–H groups in total. The number of hydrogen-bond acceptors (Lipinski definition) is 5. The first-order valence-electron chi connectivity index (χ1n) is 46.4. The molecule has 15 aromatic rings. The Morgan fingerprint density at radius 3 is 0.967 bits per heavy atom. The van der Waals surface area contributed by atoms with Crippen molar-refractivity contribution < 1.29 is 9.47 Å². The van der Waals surface area contributed by atoms with E-state index < -0.39 is 17.2 Å². The van der Waals surface area contributed by atoms with Gasteiger partial charge in [-0.2, -0.15) is 0 Å². The van der Waals surface area contributed by atoms with Gasteiger partial charge in [0.05, 0.1) is 72.8 Å². The lowest BCUT2D eigenvalue weighted by Crippen LogP contribution is -2.49. The number of H-pyrrole nitrogens is 1. The highest BCUT2D eigenvalue weighted by atomic mass is 16.6. The molecule has 0 amide bonds. The molecule has 0 aliphatic carbocycles. The van der Waals surface area contributed by atoms with Crippen molar-refractivity contribution in [3.63, 3.8) is 0 Å². The van der Waals surface area contributed by atoms with Gasteiger partial charge in [0.2, 0.25) is 0 Å². The Hall–Kier alpha value is -8.42. The van der Waals surface area contributed by atoms with Crippen LogP contribution in [0.3, 0.4) is 0 Å². The molecule has 9 aromatic carbocycles. The van der Waals surface area contributed by atoms with E-state index in [1.165, 1.54) is 298 Å². The van der Waals surface area contributed by atoms with Gasteiger partial charge in [-0.1, -0.05) is 34.6 Å². The fourth-order valence-corrected chi connectivity index (χ4v) is 28.5. The minimum atomic E-state index is -0.721. The monoisotopic (exact) mass is 1610 g/mol. The number of aromatic amines is 1. The molecule has 12 heterocycles. The third-order valence-electron chi connectivity index (χ3n) is 38.3. The van der Waals surface area contributed by atoms with E-state index in [-0.39, 0.29) is 54.0 Å². The van der Waals surface area contributed by atoms with E-state index in [4.69, 9.17) is 9.47 Å². The summed E-state index contributed by atoms with van der Waals surface area (Å²) >= 11 is 0. The number of aryl methyl sites for hydroxylation is 14. The van der Waals surface area contributed by atoms with Crippen molar-refractivity contribution >= 4 is 131 Å². The Labute approximate surface area is 718 Å². The van der Waals surface area contributed by atoms with Crippen molar-refractivity contribution in [2.45, 2.75) is 316 Å². The lowest BCUT2D eigenvalue weighted by Gasteiger charge is -2.48. The minimum absolute atomic E-state index is 0.0400. The van der Waals surface area contributed by atoms with E-state index in [0.29, 0.717) is 11.8 Å². The first-order valence-corrected chi connectivity index (χ1v) is 46.4. The van der Waals surface area contributed by atoms with Crippen LogP contribution >= 0.6 is 0 Å². The quantitative estimate of drug-likeness (QED) is 0.186. The van der Waals surface area contributed by atoms with Crippen LogP contribution in [0.1, 0.15) is 300 Å². The lowest BCUT2D eigenvalue weighted by atomic mass is 9.77. The number of hydrogen-bond donors (Lipinski definition) is 1. The molecule has 6 aliphatic rings. The summed E-state index contributed by atoms with van der Waals surface area (Å²) in [7, 11) is 7.13. The Kier molecular flexibility index (Phi) is 16.3. The summed E-state index contributed by atoms with van der Waals surface area (Å²) in [6, 6.07) is 0.703. The van der Waals surface area contributed by atoms with Crippen molar-refractivity contribution in [3.05, 3.63) is 167 Å². The van der Waals surface area contributed by atoms with E-state index in [2.05, 4.69) is 313 Å². The van der Waals surface area contributed by atoms with Crippen LogP contribution < -0.4 is 0 Å². The fourth-order valence-electron chi connectivity index (χ4n) is 28.5. The highest BCUT2D eigenvalue weighted by molar-refractivity contribution is 6.31. The smallest absolute Gasteiger partial charge is 0.148 e. The summed E-state index contributed by atoms with van der Waals surface area (Å²) in [6.07, 6.45) is 0. The molecule has 632 valence electrons. The van der Waals surface area contributed by atoms with E-state index in [9.17, 15) is 0 Å². The van der Waals surface area contributed by atoms with Crippen molar-refractivity contribution in [2.24, 2.45) is 43.7 Å². The van der Waals surface area contributed by atoms with Gasteiger partial charge in [-0.25, -0.2) is 0 Å². The zero-order valence-corrected chi connectivity index (χ0v) is 80.9. The van der Waals surface area contributed by atoms with Gasteiger partial charge >= 0.3 is 0 Å². The van der Waals surface area contributed by atoms with Crippen LogP contribution in [0.5, 0.6) is 0 Å². The molecule has 6 aliphatic heterocycles. The van der Waals surface area contributed by atoms with Gasteiger partial charge in [-0.3, -0.25) is 14.7 Å². The van der Waals surface area contributed by atoms with Crippen LogP contribution in [0.4, 0.5) is 0 Å². The first-order chi connectivity index (χ1) is 56.8. The molecule has 14 unspecified atom stereocenters. The summed E-state index contributed by atoms with van der Waals surface area (Å²) in [6.45, 7) is 90.7. The van der Waals surface area contributed by atoms with E-state index in [0.717, 1.165) is 19.7 Å². The van der Waals surface area contributed by atoms with Crippen molar-refractivity contribution in [3.8, 4) is 0 Å². The van der Waals surface area contributed by atoms with Crippen molar-refractivity contribution in [1.82, 2.24) is 42.5 Å². The van der Waals surface area contributed by atoms with Gasteiger partial charge in [0, 0.05) is 146 Å². The largest absolute Gasteiger partial charge is 0.355 e. The molecule has 121 heavy (non-hydrogen) atoms. The topological polar surface area (TPSA) is 68.6 Å². The second kappa shape index (κ2) is 24.8. The number of nitrogens with zero attached hydrogens (tertiary/aromatic N) is 8. The maximum Gasteiger partial charge on any atom is 0.148 e. The maximum atomic E-state index is 8.40. The lowest BCUT2D eigenvalue weighted by molar-refractivity contribution is -0.191. The van der Waals surface area contributed by atoms with Gasteiger partial charge in [0.1, 0.15) is 17.2 Å². The minimum Gasteiger partial charge on any atom is -0.355 e. The van der Waals surface area contributed by atoms with Crippen LogP contribution in [0.15, 0.2) is 0 Å². The molecule has 21 rings (SSSR count). The molecule has 0 spiro atoms. The summed E-state index contributed by atoms with van der Waals surface area (Å²) in [5.41, 5.74) is 56.6. The zero-order chi connectivity index (χ0) is 86.9. The molecular formula is C110H135N9O2. The standard InChI is InChI=1S/C110H135N9O2/c1-43-42-120-108(34,67(25)44(43)2)117-100-63(21)51(9)47(5)57(15)81(100)91-85-71(29)112(37)70(28)84(85)90-78-59(17)53(11)76(65(23)96(78)111-97(90)103(91)117)40-115-74(32)88-89(75(115)33)95-83-60(18)54(12)77(66(24)102(83)119-107(95)106-94(88)82-58(16)48(6)52(10)64(22)101(82)118(106)109(35)68(26)69(27)110(119,36)121-109)41-116-72(30)86-87(73(116)31)93-80-56(14)46(4)50(8)62(20)99(80)114(39)105(93)104-92(86)79-55(13)45(3)49(7)61(19)98(79)113(104)38/h43-44,67-75,111H,40-42H2,1-39H3. The van der Waals surface area contributed by atoms with Gasteiger partial charge in [-0.05, 0) is 400 Å².